The maximum absolute atomic E-state index is 12.2. The van der Waals surface area contributed by atoms with Gasteiger partial charge in [-0.3, -0.25) is 14.9 Å². The Labute approximate surface area is 129 Å². The van der Waals surface area contributed by atoms with Crippen molar-refractivity contribution in [3.05, 3.63) is 39.4 Å². The third-order valence-electron chi connectivity index (χ3n) is 4.46. The van der Waals surface area contributed by atoms with Gasteiger partial charge in [-0.25, -0.2) is 0 Å². The summed E-state index contributed by atoms with van der Waals surface area (Å²) < 4.78 is 0. The molecule has 22 heavy (non-hydrogen) atoms. The van der Waals surface area contributed by atoms with E-state index in [9.17, 15) is 20.0 Å². The summed E-state index contributed by atoms with van der Waals surface area (Å²) in [7, 11) is 0. The molecule has 1 saturated carbocycles. The van der Waals surface area contributed by atoms with E-state index in [1.807, 2.05) is 0 Å². The van der Waals surface area contributed by atoms with Gasteiger partial charge in [0.05, 0.1) is 11.3 Å². The van der Waals surface area contributed by atoms with Crippen LogP contribution in [0.3, 0.4) is 0 Å². The van der Waals surface area contributed by atoms with Crippen LogP contribution >= 0.6 is 0 Å². The van der Waals surface area contributed by atoms with Crippen LogP contribution in [0.25, 0.3) is 0 Å². The molecule has 1 aromatic carbocycles. The third-order valence-corrected chi connectivity index (χ3v) is 4.46. The zero-order valence-electron chi connectivity index (χ0n) is 12.7. The fourth-order valence-electron chi connectivity index (χ4n) is 3.11. The first kappa shape index (κ1) is 16.4. The molecule has 2 unspecified atom stereocenters. The third kappa shape index (κ3) is 3.82. The number of nitro groups is 1. The molecule has 0 spiro atoms. The second kappa shape index (κ2) is 7.35. The number of nitrogens with one attached hydrogen (secondary N) is 1. The smallest absolute Gasteiger partial charge is 0.272 e. The van der Waals surface area contributed by atoms with Gasteiger partial charge in [-0.2, -0.15) is 0 Å². The standard InChI is InChI=1S/C16H22N2O4/c1-11-12(6-4-8-15(11)18(21)22)9-16(20)17-14-7-3-2-5-13(14)10-19/h4,6,8,13-14,19H,2-3,5,7,9-10H2,1H3,(H,17,20). The van der Waals surface area contributed by atoms with Crippen LogP contribution < -0.4 is 5.32 Å². The molecule has 6 heteroatoms. The van der Waals surface area contributed by atoms with E-state index in [0.717, 1.165) is 25.7 Å². The summed E-state index contributed by atoms with van der Waals surface area (Å²) in [6, 6.07) is 4.79. The Morgan fingerprint density at radius 1 is 1.41 bits per heavy atom. The van der Waals surface area contributed by atoms with Gasteiger partial charge in [0.2, 0.25) is 5.91 Å². The van der Waals surface area contributed by atoms with Crippen LogP contribution in [0.1, 0.15) is 36.8 Å². The molecule has 1 aromatic rings. The fraction of sp³-hybridized carbons (Fsp3) is 0.562. The zero-order chi connectivity index (χ0) is 16.1. The lowest BCUT2D eigenvalue weighted by Crippen LogP contribution is -2.44. The molecule has 0 aliphatic heterocycles. The minimum absolute atomic E-state index is 0.00486. The summed E-state index contributed by atoms with van der Waals surface area (Å²) in [5.41, 5.74) is 1.24. The minimum Gasteiger partial charge on any atom is -0.396 e. The molecule has 2 N–H and O–H groups in total. The lowest BCUT2D eigenvalue weighted by Gasteiger charge is -2.30. The maximum atomic E-state index is 12.2. The Morgan fingerprint density at radius 3 is 2.82 bits per heavy atom. The number of aliphatic hydroxyl groups is 1. The number of carbonyl (C=O) groups is 1. The molecule has 1 amide bonds. The van der Waals surface area contributed by atoms with Crippen LogP contribution in [0.2, 0.25) is 0 Å². The Hall–Kier alpha value is -1.95. The predicted molar refractivity (Wildman–Crippen MR) is 82.5 cm³/mol. The number of carbonyl (C=O) groups excluding carboxylic acids is 1. The molecule has 0 radical (unpaired) electrons. The number of nitrogens with zero attached hydrogens (tertiary/aromatic N) is 1. The van der Waals surface area contributed by atoms with Crippen molar-refractivity contribution in [2.45, 2.75) is 45.1 Å². The molecule has 6 nitrogen and oxygen atoms in total. The second-order valence-electron chi connectivity index (χ2n) is 5.90. The van der Waals surface area contributed by atoms with E-state index in [2.05, 4.69) is 5.32 Å². The largest absolute Gasteiger partial charge is 0.396 e. The zero-order valence-corrected chi connectivity index (χ0v) is 12.7. The highest BCUT2D eigenvalue weighted by Gasteiger charge is 2.26. The van der Waals surface area contributed by atoms with Crippen molar-refractivity contribution in [2.75, 3.05) is 6.61 Å². The van der Waals surface area contributed by atoms with Crippen molar-refractivity contribution >= 4 is 11.6 Å². The van der Waals surface area contributed by atoms with E-state index in [4.69, 9.17) is 0 Å². The first-order valence-corrected chi connectivity index (χ1v) is 7.66. The van der Waals surface area contributed by atoms with E-state index >= 15 is 0 Å². The Balaban J connectivity index is 2.03. The summed E-state index contributed by atoms with van der Waals surface area (Å²) >= 11 is 0. The van der Waals surface area contributed by atoms with Crippen molar-refractivity contribution < 1.29 is 14.8 Å². The number of benzene rings is 1. The van der Waals surface area contributed by atoms with Crippen LogP contribution in [-0.2, 0) is 11.2 Å². The molecule has 120 valence electrons. The molecule has 2 rings (SSSR count). The van der Waals surface area contributed by atoms with Gasteiger partial charge in [0.25, 0.3) is 5.69 Å². The summed E-state index contributed by atoms with van der Waals surface area (Å²) in [5, 5.41) is 23.3. The molecule has 2 atom stereocenters. The van der Waals surface area contributed by atoms with Crippen LogP contribution in [0, 0.1) is 23.0 Å². The molecule has 0 aromatic heterocycles. The van der Waals surface area contributed by atoms with E-state index < -0.39 is 4.92 Å². The van der Waals surface area contributed by atoms with Gasteiger partial charge in [0.1, 0.15) is 0 Å². The average molecular weight is 306 g/mol. The van der Waals surface area contributed by atoms with Crippen LogP contribution in [0.5, 0.6) is 0 Å². The quantitative estimate of drug-likeness (QED) is 0.643. The second-order valence-corrected chi connectivity index (χ2v) is 5.90. The van der Waals surface area contributed by atoms with Gasteiger partial charge in [0, 0.05) is 30.2 Å². The SMILES string of the molecule is Cc1c(CC(=O)NC2CCCCC2CO)cccc1[N+](=O)[O-]. The maximum Gasteiger partial charge on any atom is 0.272 e. The van der Waals surface area contributed by atoms with Crippen molar-refractivity contribution in [3.63, 3.8) is 0 Å². The fourth-order valence-corrected chi connectivity index (χ4v) is 3.11. The summed E-state index contributed by atoms with van der Waals surface area (Å²) in [5.74, 6) is -0.0298. The molecule has 1 aliphatic rings. The van der Waals surface area contributed by atoms with Gasteiger partial charge in [-0.15, -0.1) is 0 Å². The predicted octanol–water partition coefficient (Wildman–Crippen LogP) is 2.11. The molecule has 0 heterocycles. The normalized spacial score (nSPS) is 21.4. The summed E-state index contributed by atoms with van der Waals surface area (Å²) in [4.78, 5) is 22.7. The highest BCUT2D eigenvalue weighted by atomic mass is 16.6. The average Bonchev–Trinajstić information content (AvgIpc) is 2.49. The van der Waals surface area contributed by atoms with E-state index in [-0.39, 0.29) is 36.6 Å². The number of hydrogen-bond acceptors (Lipinski definition) is 4. The van der Waals surface area contributed by atoms with Crippen molar-refractivity contribution in [1.82, 2.24) is 5.32 Å². The lowest BCUT2D eigenvalue weighted by molar-refractivity contribution is -0.385. The summed E-state index contributed by atoms with van der Waals surface area (Å²) in [6.07, 6.45) is 4.07. The molecule has 1 fully saturated rings. The number of nitro benzene ring substituents is 1. The Morgan fingerprint density at radius 2 is 2.14 bits per heavy atom. The van der Waals surface area contributed by atoms with Gasteiger partial charge in [-0.05, 0) is 25.3 Å². The monoisotopic (exact) mass is 306 g/mol. The van der Waals surface area contributed by atoms with Crippen LogP contribution in [0.15, 0.2) is 18.2 Å². The Kier molecular flexibility index (Phi) is 5.49. The van der Waals surface area contributed by atoms with Crippen molar-refractivity contribution in [1.29, 1.82) is 0 Å². The highest BCUT2D eigenvalue weighted by Crippen LogP contribution is 2.25. The first-order valence-electron chi connectivity index (χ1n) is 7.66. The molecule has 0 bridgehead atoms. The molecule has 0 saturated heterocycles. The Bertz CT molecular complexity index is 559. The topological polar surface area (TPSA) is 92.5 Å². The van der Waals surface area contributed by atoms with E-state index in [0.29, 0.717) is 11.1 Å². The number of amides is 1. The van der Waals surface area contributed by atoms with E-state index in [1.54, 1.807) is 19.1 Å². The molecular weight excluding hydrogens is 284 g/mol. The van der Waals surface area contributed by atoms with Gasteiger partial charge in [-0.1, -0.05) is 25.0 Å². The number of aliphatic hydroxyl groups excluding tert-OH is 1. The van der Waals surface area contributed by atoms with Gasteiger partial charge < -0.3 is 10.4 Å². The number of hydrogen-bond donors (Lipinski definition) is 2. The summed E-state index contributed by atoms with van der Waals surface area (Å²) in [6.45, 7) is 1.75. The minimum atomic E-state index is -0.431. The number of rotatable bonds is 5. The molecular formula is C16H22N2O4. The van der Waals surface area contributed by atoms with E-state index in [1.165, 1.54) is 6.07 Å². The highest BCUT2D eigenvalue weighted by molar-refractivity contribution is 5.79. The van der Waals surface area contributed by atoms with Crippen LogP contribution in [-0.4, -0.2) is 28.6 Å². The van der Waals surface area contributed by atoms with Gasteiger partial charge in [0.15, 0.2) is 0 Å². The van der Waals surface area contributed by atoms with Crippen LogP contribution in [0.4, 0.5) is 5.69 Å². The first-order chi connectivity index (χ1) is 10.5. The van der Waals surface area contributed by atoms with Gasteiger partial charge >= 0.3 is 0 Å². The van der Waals surface area contributed by atoms with Crippen molar-refractivity contribution in [2.24, 2.45) is 5.92 Å². The lowest BCUT2D eigenvalue weighted by atomic mass is 9.85. The molecule has 1 aliphatic carbocycles. The van der Waals surface area contributed by atoms with Crippen molar-refractivity contribution in [3.8, 4) is 0 Å².